The van der Waals surface area contributed by atoms with Crippen molar-refractivity contribution in [1.82, 2.24) is 9.88 Å². The summed E-state index contributed by atoms with van der Waals surface area (Å²) < 4.78 is 0. The van der Waals surface area contributed by atoms with Crippen molar-refractivity contribution < 1.29 is 0 Å². The molecule has 0 saturated carbocycles. The quantitative estimate of drug-likeness (QED) is 0.751. The fourth-order valence-electron chi connectivity index (χ4n) is 1.42. The molecule has 0 spiro atoms. The SMILES string of the molecule is Cc1cc(C(CN)N(C)C)ccn1. The zero-order chi connectivity index (χ0) is 9.84. The Morgan fingerprint density at radius 1 is 1.54 bits per heavy atom. The molecule has 1 atom stereocenters. The average molecular weight is 179 g/mol. The third-order valence-corrected chi connectivity index (χ3v) is 2.15. The van der Waals surface area contributed by atoms with E-state index in [1.54, 1.807) is 0 Å². The number of aryl methyl sites for hydroxylation is 1. The third kappa shape index (κ3) is 2.50. The molecule has 1 aromatic heterocycles. The highest BCUT2D eigenvalue weighted by atomic mass is 15.1. The lowest BCUT2D eigenvalue weighted by Crippen LogP contribution is -2.27. The molecule has 0 fully saturated rings. The number of rotatable bonds is 3. The van der Waals surface area contributed by atoms with Crippen LogP contribution < -0.4 is 5.73 Å². The van der Waals surface area contributed by atoms with Crippen LogP contribution in [0.15, 0.2) is 18.3 Å². The fraction of sp³-hybridized carbons (Fsp3) is 0.500. The lowest BCUT2D eigenvalue weighted by Gasteiger charge is -2.23. The largest absolute Gasteiger partial charge is 0.329 e. The minimum absolute atomic E-state index is 0.293. The lowest BCUT2D eigenvalue weighted by molar-refractivity contribution is 0.306. The summed E-state index contributed by atoms with van der Waals surface area (Å²) in [6, 6.07) is 4.39. The standard InChI is InChI=1S/C10H17N3/c1-8-6-9(4-5-12-8)10(7-11)13(2)3/h4-6,10H,7,11H2,1-3H3. The summed E-state index contributed by atoms with van der Waals surface area (Å²) in [5.41, 5.74) is 7.97. The van der Waals surface area contributed by atoms with Crippen LogP contribution in [0.4, 0.5) is 0 Å². The average Bonchev–Trinajstić information content (AvgIpc) is 2.04. The number of likely N-dealkylation sites (N-methyl/N-ethyl adjacent to an activating group) is 1. The summed E-state index contributed by atoms with van der Waals surface area (Å²) in [6.45, 7) is 2.63. The van der Waals surface area contributed by atoms with E-state index in [1.807, 2.05) is 33.3 Å². The van der Waals surface area contributed by atoms with Crippen LogP contribution in [0.5, 0.6) is 0 Å². The van der Waals surface area contributed by atoms with Gasteiger partial charge in [-0.1, -0.05) is 0 Å². The van der Waals surface area contributed by atoms with Gasteiger partial charge in [-0.25, -0.2) is 0 Å². The predicted molar refractivity (Wildman–Crippen MR) is 54.5 cm³/mol. The van der Waals surface area contributed by atoms with Crippen LogP contribution in [-0.2, 0) is 0 Å². The van der Waals surface area contributed by atoms with Crippen molar-refractivity contribution in [2.75, 3.05) is 20.6 Å². The molecule has 0 amide bonds. The van der Waals surface area contributed by atoms with Gasteiger partial charge in [-0.05, 0) is 38.7 Å². The molecular formula is C10H17N3. The summed E-state index contributed by atoms with van der Waals surface area (Å²) >= 11 is 0. The van der Waals surface area contributed by atoms with Gasteiger partial charge in [-0.3, -0.25) is 4.98 Å². The van der Waals surface area contributed by atoms with E-state index in [4.69, 9.17) is 5.73 Å². The molecule has 0 aromatic carbocycles. The molecule has 3 heteroatoms. The predicted octanol–water partition coefficient (Wildman–Crippen LogP) is 0.951. The monoisotopic (exact) mass is 179 g/mol. The van der Waals surface area contributed by atoms with Crippen molar-refractivity contribution in [2.45, 2.75) is 13.0 Å². The van der Waals surface area contributed by atoms with Gasteiger partial charge >= 0.3 is 0 Å². The Hall–Kier alpha value is -0.930. The van der Waals surface area contributed by atoms with Crippen LogP contribution in [0.3, 0.4) is 0 Å². The summed E-state index contributed by atoms with van der Waals surface area (Å²) in [5.74, 6) is 0. The van der Waals surface area contributed by atoms with E-state index in [2.05, 4.69) is 16.0 Å². The van der Waals surface area contributed by atoms with Gasteiger partial charge in [0.15, 0.2) is 0 Å². The number of pyridine rings is 1. The van der Waals surface area contributed by atoms with Gasteiger partial charge in [0.05, 0.1) is 0 Å². The van der Waals surface area contributed by atoms with Crippen molar-refractivity contribution in [3.63, 3.8) is 0 Å². The second kappa shape index (κ2) is 4.35. The van der Waals surface area contributed by atoms with Crippen LogP contribution in [0.1, 0.15) is 17.3 Å². The summed E-state index contributed by atoms with van der Waals surface area (Å²) in [7, 11) is 4.07. The number of nitrogens with zero attached hydrogens (tertiary/aromatic N) is 2. The number of hydrogen-bond acceptors (Lipinski definition) is 3. The zero-order valence-electron chi connectivity index (χ0n) is 8.49. The molecule has 0 aliphatic carbocycles. The van der Waals surface area contributed by atoms with Gasteiger partial charge in [0.1, 0.15) is 0 Å². The Kier molecular flexibility index (Phi) is 3.39. The second-order valence-electron chi connectivity index (χ2n) is 3.45. The van der Waals surface area contributed by atoms with E-state index in [-0.39, 0.29) is 0 Å². The number of aromatic nitrogens is 1. The number of nitrogens with two attached hydrogens (primary N) is 1. The number of hydrogen-bond donors (Lipinski definition) is 1. The van der Waals surface area contributed by atoms with Crippen LogP contribution >= 0.6 is 0 Å². The van der Waals surface area contributed by atoms with Crippen LogP contribution in [-0.4, -0.2) is 30.5 Å². The molecule has 13 heavy (non-hydrogen) atoms. The Morgan fingerprint density at radius 2 is 2.23 bits per heavy atom. The van der Waals surface area contributed by atoms with Gasteiger partial charge in [0.2, 0.25) is 0 Å². The fourth-order valence-corrected chi connectivity index (χ4v) is 1.42. The maximum atomic E-state index is 5.69. The van der Waals surface area contributed by atoms with Crippen molar-refractivity contribution in [1.29, 1.82) is 0 Å². The molecule has 1 heterocycles. The minimum atomic E-state index is 0.293. The summed E-state index contributed by atoms with van der Waals surface area (Å²) in [6.07, 6.45) is 1.83. The van der Waals surface area contributed by atoms with E-state index in [9.17, 15) is 0 Å². The smallest absolute Gasteiger partial charge is 0.0465 e. The molecule has 3 nitrogen and oxygen atoms in total. The van der Waals surface area contributed by atoms with E-state index in [0.29, 0.717) is 12.6 Å². The highest BCUT2D eigenvalue weighted by Gasteiger charge is 2.11. The topological polar surface area (TPSA) is 42.1 Å². The second-order valence-corrected chi connectivity index (χ2v) is 3.45. The first-order chi connectivity index (χ1) is 6.15. The molecular weight excluding hydrogens is 162 g/mol. The van der Waals surface area contributed by atoms with Crippen LogP contribution in [0.25, 0.3) is 0 Å². The molecule has 1 rings (SSSR count). The van der Waals surface area contributed by atoms with Gasteiger partial charge in [-0.2, -0.15) is 0 Å². The molecule has 1 unspecified atom stereocenters. The maximum Gasteiger partial charge on any atom is 0.0465 e. The Labute approximate surface area is 79.6 Å². The van der Waals surface area contributed by atoms with Gasteiger partial charge in [-0.15, -0.1) is 0 Å². The van der Waals surface area contributed by atoms with Crippen molar-refractivity contribution in [2.24, 2.45) is 5.73 Å². The molecule has 0 saturated heterocycles. The Balaban J connectivity index is 2.91. The third-order valence-electron chi connectivity index (χ3n) is 2.15. The molecule has 72 valence electrons. The summed E-state index contributed by atoms with van der Waals surface area (Å²) in [5, 5.41) is 0. The Morgan fingerprint density at radius 3 is 2.69 bits per heavy atom. The van der Waals surface area contributed by atoms with Crippen LogP contribution in [0.2, 0.25) is 0 Å². The zero-order valence-corrected chi connectivity index (χ0v) is 8.49. The van der Waals surface area contributed by atoms with Crippen molar-refractivity contribution >= 4 is 0 Å². The van der Waals surface area contributed by atoms with E-state index in [0.717, 1.165) is 5.69 Å². The first kappa shape index (κ1) is 10.2. The highest BCUT2D eigenvalue weighted by molar-refractivity contribution is 5.19. The molecule has 0 radical (unpaired) electrons. The first-order valence-electron chi connectivity index (χ1n) is 4.44. The van der Waals surface area contributed by atoms with E-state index < -0.39 is 0 Å². The molecule has 0 bridgehead atoms. The Bertz CT molecular complexity index is 271. The molecule has 0 aliphatic heterocycles. The van der Waals surface area contributed by atoms with E-state index >= 15 is 0 Å². The van der Waals surface area contributed by atoms with Crippen molar-refractivity contribution in [3.05, 3.63) is 29.6 Å². The first-order valence-corrected chi connectivity index (χ1v) is 4.44. The van der Waals surface area contributed by atoms with Gasteiger partial charge < -0.3 is 10.6 Å². The lowest BCUT2D eigenvalue weighted by atomic mass is 10.1. The van der Waals surface area contributed by atoms with Gasteiger partial charge in [0.25, 0.3) is 0 Å². The summed E-state index contributed by atoms with van der Waals surface area (Å²) in [4.78, 5) is 6.28. The minimum Gasteiger partial charge on any atom is -0.329 e. The molecule has 2 N–H and O–H groups in total. The molecule has 0 aliphatic rings. The highest BCUT2D eigenvalue weighted by Crippen LogP contribution is 2.16. The van der Waals surface area contributed by atoms with Crippen molar-refractivity contribution in [3.8, 4) is 0 Å². The van der Waals surface area contributed by atoms with Gasteiger partial charge in [0, 0.05) is 24.5 Å². The molecule has 1 aromatic rings. The van der Waals surface area contributed by atoms with Crippen LogP contribution in [0, 0.1) is 6.92 Å². The van der Waals surface area contributed by atoms with E-state index in [1.165, 1.54) is 5.56 Å². The maximum absolute atomic E-state index is 5.69. The normalized spacial score (nSPS) is 13.3.